The van der Waals surface area contributed by atoms with Gasteiger partial charge in [-0.1, -0.05) is 27.7 Å². The summed E-state index contributed by atoms with van der Waals surface area (Å²) in [6.07, 6.45) is -8.15. The normalized spacial score (nSPS) is 15.6. The fourth-order valence-electron chi connectivity index (χ4n) is 2.22. The van der Waals surface area contributed by atoms with Crippen molar-refractivity contribution in [2.45, 2.75) is 63.5 Å². The second kappa shape index (κ2) is 8.64. The van der Waals surface area contributed by atoms with Crippen molar-refractivity contribution in [2.75, 3.05) is 13.1 Å². The maximum absolute atomic E-state index is 13.7. The molecule has 30 heavy (non-hydrogen) atoms. The number of alkyl halides is 13. The molecule has 0 aromatic rings. The molecule has 0 spiro atoms. The molecule has 0 aromatic heterocycles. The first-order valence-corrected chi connectivity index (χ1v) is 8.35. The van der Waals surface area contributed by atoms with Gasteiger partial charge < -0.3 is 4.90 Å². The number of rotatable bonds is 10. The molecule has 0 N–H and O–H groups in total. The Morgan fingerprint density at radius 1 is 0.567 bits per heavy atom. The van der Waals surface area contributed by atoms with E-state index < -0.39 is 41.9 Å². The number of allylic oxidation sites excluding steroid dienone is 1. The molecule has 0 unspecified atom stereocenters. The molecule has 1 nitrogen and oxygen atoms in total. The van der Waals surface area contributed by atoms with Gasteiger partial charge in [0, 0.05) is 25.4 Å². The fraction of sp³-hybridized carbons (Fsp3) is 0.875. The van der Waals surface area contributed by atoms with E-state index in [1.54, 1.807) is 27.7 Å². The Morgan fingerprint density at radius 2 is 0.900 bits per heavy atom. The van der Waals surface area contributed by atoms with Gasteiger partial charge in [-0.05, 0) is 11.8 Å². The number of halogens is 13. The average Bonchev–Trinajstić information content (AvgIpc) is 2.49. The molecule has 0 heterocycles. The zero-order valence-corrected chi connectivity index (χ0v) is 16.1. The molecular formula is C16H20F13N. The summed E-state index contributed by atoms with van der Waals surface area (Å²) in [5, 5.41) is 0. The molecular weight excluding hydrogens is 453 g/mol. The Labute approximate surface area is 163 Å². The highest BCUT2D eigenvalue weighted by Crippen LogP contribution is 2.60. The summed E-state index contributed by atoms with van der Waals surface area (Å²) in [6.45, 7) is 6.16. The fourth-order valence-corrected chi connectivity index (χ4v) is 2.22. The molecule has 0 fully saturated rings. The van der Waals surface area contributed by atoms with Crippen LogP contribution < -0.4 is 0 Å². The minimum Gasteiger partial charge on any atom is -0.377 e. The van der Waals surface area contributed by atoms with Crippen molar-refractivity contribution in [3.63, 3.8) is 0 Å². The van der Waals surface area contributed by atoms with E-state index in [4.69, 9.17) is 0 Å². The van der Waals surface area contributed by atoms with E-state index in [0.717, 1.165) is 4.90 Å². The lowest BCUT2D eigenvalue weighted by Crippen LogP contribution is -2.69. The van der Waals surface area contributed by atoms with E-state index in [2.05, 4.69) is 0 Å². The topological polar surface area (TPSA) is 3.24 Å². The summed E-state index contributed by atoms with van der Waals surface area (Å²) in [5.41, 5.74) is 0. The molecule has 0 bridgehead atoms. The van der Waals surface area contributed by atoms with Crippen LogP contribution in [0.1, 0.15) is 27.7 Å². The van der Waals surface area contributed by atoms with E-state index >= 15 is 0 Å². The lowest BCUT2D eigenvalue weighted by atomic mass is 9.94. The van der Waals surface area contributed by atoms with Crippen molar-refractivity contribution in [1.82, 2.24) is 4.90 Å². The van der Waals surface area contributed by atoms with Crippen LogP contribution in [0.25, 0.3) is 0 Å². The second-order valence-electron chi connectivity index (χ2n) is 7.48. The monoisotopic (exact) mass is 473 g/mol. The molecule has 0 aliphatic rings. The summed E-state index contributed by atoms with van der Waals surface area (Å²) in [6, 6.07) is 0. The van der Waals surface area contributed by atoms with Gasteiger partial charge in [0.2, 0.25) is 0 Å². The first-order valence-electron chi connectivity index (χ1n) is 8.35. The van der Waals surface area contributed by atoms with Crippen LogP contribution in [-0.2, 0) is 0 Å². The highest BCUT2D eigenvalue weighted by Gasteiger charge is 2.90. The van der Waals surface area contributed by atoms with Crippen LogP contribution in [0.15, 0.2) is 12.3 Å². The lowest BCUT2D eigenvalue weighted by molar-refractivity contribution is -0.436. The van der Waals surface area contributed by atoms with E-state index in [1.165, 1.54) is 0 Å². The van der Waals surface area contributed by atoms with Gasteiger partial charge in [-0.15, -0.1) is 0 Å². The van der Waals surface area contributed by atoms with E-state index in [1.807, 2.05) is 0 Å². The first kappa shape index (κ1) is 28.6. The van der Waals surface area contributed by atoms with Crippen LogP contribution in [0.5, 0.6) is 0 Å². The largest absolute Gasteiger partial charge is 0.460 e. The van der Waals surface area contributed by atoms with Gasteiger partial charge in [0.05, 0.1) is 0 Å². The molecule has 0 rings (SSSR count). The SMILES string of the molecule is CC(C)CN(/C=C/C(F)(F)C(F)(F)C(F)(F)C(F)(F)C(F)(F)C(F)(F)F)CC(C)C. The summed E-state index contributed by atoms with van der Waals surface area (Å²) < 4.78 is 170. The van der Waals surface area contributed by atoms with Crippen molar-refractivity contribution in [1.29, 1.82) is 0 Å². The minimum absolute atomic E-state index is 0.0605. The van der Waals surface area contributed by atoms with Crippen molar-refractivity contribution in [2.24, 2.45) is 11.8 Å². The van der Waals surface area contributed by atoms with Crippen molar-refractivity contribution >= 4 is 0 Å². The van der Waals surface area contributed by atoms with Crippen LogP contribution >= 0.6 is 0 Å². The number of hydrogen-bond donors (Lipinski definition) is 0. The van der Waals surface area contributed by atoms with Crippen molar-refractivity contribution in [3.8, 4) is 0 Å². The maximum Gasteiger partial charge on any atom is 0.460 e. The minimum atomic E-state index is -7.88. The predicted molar refractivity (Wildman–Crippen MR) is 81.2 cm³/mol. The zero-order valence-electron chi connectivity index (χ0n) is 16.1. The summed E-state index contributed by atoms with van der Waals surface area (Å²) in [4.78, 5) is 0.958. The van der Waals surface area contributed by atoms with Crippen LogP contribution in [0.2, 0.25) is 0 Å². The van der Waals surface area contributed by atoms with Gasteiger partial charge in [0.15, 0.2) is 0 Å². The average molecular weight is 473 g/mol. The quantitative estimate of drug-likeness (QED) is 0.314. The van der Waals surface area contributed by atoms with E-state index in [-0.39, 0.29) is 31.1 Å². The molecule has 0 atom stereocenters. The molecule has 0 aromatic carbocycles. The van der Waals surface area contributed by atoms with E-state index in [9.17, 15) is 57.1 Å². The molecule has 0 amide bonds. The van der Waals surface area contributed by atoms with Crippen LogP contribution in [0, 0.1) is 11.8 Å². The zero-order chi connectivity index (χ0) is 24.6. The van der Waals surface area contributed by atoms with Gasteiger partial charge in [-0.3, -0.25) is 0 Å². The highest BCUT2D eigenvalue weighted by molar-refractivity contribution is 5.15. The molecule has 0 saturated carbocycles. The van der Waals surface area contributed by atoms with Crippen LogP contribution in [0.4, 0.5) is 57.1 Å². The third kappa shape index (κ3) is 5.27. The molecule has 0 aliphatic heterocycles. The third-order valence-electron chi connectivity index (χ3n) is 3.65. The lowest BCUT2D eigenvalue weighted by Gasteiger charge is -2.39. The van der Waals surface area contributed by atoms with Gasteiger partial charge in [0.1, 0.15) is 0 Å². The number of nitrogens with zero attached hydrogens (tertiary/aromatic N) is 1. The summed E-state index contributed by atoms with van der Waals surface area (Å²) >= 11 is 0. The smallest absolute Gasteiger partial charge is 0.377 e. The Hall–Kier alpha value is -1.37. The standard InChI is InChI=1S/C16H20F13N/c1-9(2)7-30(8-10(3)4)6-5-11(17,18)12(19,20)13(21,22)14(23,24)15(25,26)16(27,28)29/h5-6,9-10H,7-8H2,1-4H3/b6-5+. The van der Waals surface area contributed by atoms with Gasteiger partial charge in [-0.25, -0.2) is 0 Å². The summed E-state index contributed by atoms with van der Waals surface area (Å²) in [5.74, 6) is -37.4. The van der Waals surface area contributed by atoms with Crippen molar-refractivity contribution in [3.05, 3.63) is 12.3 Å². The first-order chi connectivity index (χ1) is 13.0. The van der Waals surface area contributed by atoms with Crippen LogP contribution in [-0.4, -0.2) is 53.8 Å². The summed E-state index contributed by atoms with van der Waals surface area (Å²) in [7, 11) is 0. The second-order valence-corrected chi connectivity index (χ2v) is 7.48. The highest BCUT2D eigenvalue weighted by atomic mass is 19.4. The van der Waals surface area contributed by atoms with Gasteiger partial charge in [-0.2, -0.15) is 57.1 Å². The van der Waals surface area contributed by atoms with Gasteiger partial charge in [0.25, 0.3) is 0 Å². The molecule has 0 radical (unpaired) electrons. The molecule has 14 heteroatoms. The third-order valence-corrected chi connectivity index (χ3v) is 3.65. The van der Waals surface area contributed by atoms with Crippen molar-refractivity contribution < 1.29 is 57.1 Å². The Bertz CT molecular complexity index is 580. The maximum atomic E-state index is 13.7. The molecule has 0 aliphatic carbocycles. The molecule has 180 valence electrons. The Balaban J connectivity index is 6.16. The van der Waals surface area contributed by atoms with E-state index in [0.29, 0.717) is 0 Å². The number of hydrogen-bond acceptors (Lipinski definition) is 1. The van der Waals surface area contributed by atoms with Crippen LogP contribution in [0.3, 0.4) is 0 Å². The molecule has 0 saturated heterocycles. The predicted octanol–water partition coefficient (Wildman–Crippen LogP) is 6.85. The Kier molecular flexibility index (Phi) is 8.24. The van der Waals surface area contributed by atoms with Gasteiger partial charge >= 0.3 is 35.8 Å². The Morgan fingerprint density at radius 3 is 1.20 bits per heavy atom.